The number of fused-ring (bicyclic) bond motifs is 1. The zero-order chi connectivity index (χ0) is 23.7. The summed E-state index contributed by atoms with van der Waals surface area (Å²) >= 11 is 7.82. The Labute approximate surface area is 201 Å². The van der Waals surface area contributed by atoms with E-state index in [0.29, 0.717) is 37.1 Å². The highest BCUT2D eigenvalue weighted by molar-refractivity contribution is 7.07. The molecule has 0 spiro atoms. The van der Waals surface area contributed by atoms with Crippen molar-refractivity contribution in [3.8, 4) is 0 Å². The number of nitrogens with zero attached hydrogens (tertiary/aromatic N) is 2. The van der Waals surface area contributed by atoms with E-state index in [0.717, 1.165) is 5.56 Å². The molecule has 0 amide bonds. The summed E-state index contributed by atoms with van der Waals surface area (Å²) < 4.78 is 7.41. The van der Waals surface area contributed by atoms with Crippen molar-refractivity contribution in [3.63, 3.8) is 0 Å². The Bertz CT molecular complexity index is 1410. The van der Waals surface area contributed by atoms with Gasteiger partial charge in [-0.05, 0) is 48.6 Å². The van der Waals surface area contributed by atoms with Crippen molar-refractivity contribution >= 4 is 35.0 Å². The molecule has 170 valence electrons. The van der Waals surface area contributed by atoms with Crippen LogP contribution in [0.1, 0.15) is 56.3 Å². The molecule has 1 aliphatic rings. The molecule has 1 aliphatic heterocycles. The third kappa shape index (κ3) is 4.45. The molecule has 2 heterocycles. The van der Waals surface area contributed by atoms with Gasteiger partial charge >= 0.3 is 5.97 Å². The van der Waals surface area contributed by atoms with Gasteiger partial charge in [0.2, 0.25) is 0 Å². The molecule has 0 saturated carbocycles. The van der Waals surface area contributed by atoms with Crippen molar-refractivity contribution in [2.45, 2.75) is 39.7 Å². The highest BCUT2D eigenvalue weighted by atomic mass is 35.5. The minimum Gasteiger partial charge on any atom is -0.463 e. The van der Waals surface area contributed by atoms with Crippen LogP contribution >= 0.6 is 22.9 Å². The Morgan fingerprint density at radius 3 is 2.55 bits per heavy atom. The van der Waals surface area contributed by atoms with Gasteiger partial charge in [0.1, 0.15) is 6.04 Å². The number of thiazole rings is 1. The Kier molecular flexibility index (Phi) is 6.68. The zero-order valence-electron chi connectivity index (χ0n) is 19.0. The number of ether oxygens (including phenoxy) is 1. The normalized spacial score (nSPS) is 16.1. The van der Waals surface area contributed by atoms with Crippen LogP contribution in [0.4, 0.5) is 0 Å². The second-order valence-electron chi connectivity index (χ2n) is 8.15. The summed E-state index contributed by atoms with van der Waals surface area (Å²) in [4.78, 5) is 31.6. The first-order chi connectivity index (χ1) is 15.8. The van der Waals surface area contributed by atoms with E-state index in [1.165, 1.54) is 16.9 Å². The van der Waals surface area contributed by atoms with Crippen LogP contribution < -0.4 is 14.9 Å². The van der Waals surface area contributed by atoms with Gasteiger partial charge in [-0.1, -0.05) is 79.2 Å². The van der Waals surface area contributed by atoms with Gasteiger partial charge in [-0.3, -0.25) is 9.36 Å². The topological polar surface area (TPSA) is 60.7 Å². The zero-order valence-corrected chi connectivity index (χ0v) is 20.5. The molecule has 7 heteroatoms. The number of carbonyl (C=O) groups excluding carboxylic acids is 1. The van der Waals surface area contributed by atoms with Crippen molar-refractivity contribution in [1.29, 1.82) is 0 Å². The van der Waals surface area contributed by atoms with E-state index in [-0.39, 0.29) is 12.2 Å². The van der Waals surface area contributed by atoms with Gasteiger partial charge in [0.25, 0.3) is 5.56 Å². The maximum absolute atomic E-state index is 13.6. The Hall–Kier alpha value is -2.96. The minimum atomic E-state index is -0.709. The smallest absolute Gasteiger partial charge is 0.338 e. The molecule has 0 aliphatic carbocycles. The van der Waals surface area contributed by atoms with Crippen LogP contribution in [0, 0.1) is 0 Å². The first-order valence-corrected chi connectivity index (χ1v) is 12.0. The van der Waals surface area contributed by atoms with Crippen LogP contribution in [0.15, 0.2) is 69.6 Å². The second-order valence-corrected chi connectivity index (χ2v) is 9.56. The first-order valence-electron chi connectivity index (χ1n) is 10.9. The quantitative estimate of drug-likeness (QED) is 0.502. The molecule has 2 aromatic carbocycles. The monoisotopic (exact) mass is 480 g/mol. The number of carbonyl (C=O) groups is 1. The van der Waals surface area contributed by atoms with Gasteiger partial charge in [-0.15, -0.1) is 0 Å². The third-order valence-corrected chi connectivity index (χ3v) is 6.94. The average Bonchev–Trinajstić information content (AvgIpc) is 3.08. The summed E-state index contributed by atoms with van der Waals surface area (Å²) in [5.41, 5.74) is 3.45. The van der Waals surface area contributed by atoms with Crippen molar-refractivity contribution in [1.82, 2.24) is 4.57 Å². The van der Waals surface area contributed by atoms with Gasteiger partial charge in [0.15, 0.2) is 4.80 Å². The van der Waals surface area contributed by atoms with Gasteiger partial charge in [-0.25, -0.2) is 9.79 Å². The Balaban J connectivity index is 1.92. The summed E-state index contributed by atoms with van der Waals surface area (Å²) in [6.07, 6.45) is 1.86. The predicted molar refractivity (Wildman–Crippen MR) is 132 cm³/mol. The fraction of sp³-hybridized carbons (Fsp3) is 0.269. The number of halogens is 1. The summed E-state index contributed by atoms with van der Waals surface area (Å²) in [6.45, 7) is 8.02. The molecular weight excluding hydrogens is 456 g/mol. The molecule has 0 fully saturated rings. The highest BCUT2D eigenvalue weighted by Gasteiger charge is 2.34. The molecule has 1 aromatic heterocycles. The summed E-state index contributed by atoms with van der Waals surface area (Å²) in [7, 11) is 0. The molecule has 0 bridgehead atoms. The molecule has 0 radical (unpaired) electrons. The van der Waals surface area contributed by atoms with Crippen LogP contribution in [0.5, 0.6) is 0 Å². The lowest BCUT2D eigenvalue weighted by molar-refractivity contribution is -0.139. The Morgan fingerprint density at radius 2 is 1.91 bits per heavy atom. The van der Waals surface area contributed by atoms with E-state index in [4.69, 9.17) is 16.3 Å². The van der Waals surface area contributed by atoms with Crippen LogP contribution in [0.2, 0.25) is 5.02 Å². The molecular formula is C26H25ClN2O3S. The molecule has 1 unspecified atom stereocenters. The van der Waals surface area contributed by atoms with Gasteiger partial charge in [0.05, 0.1) is 22.4 Å². The molecule has 1 atom stereocenters. The second kappa shape index (κ2) is 9.49. The summed E-state index contributed by atoms with van der Waals surface area (Å²) in [5, 5.41) is 0.470. The van der Waals surface area contributed by atoms with E-state index in [9.17, 15) is 9.59 Å². The predicted octanol–water partition coefficient (Wildman–Crippen LogP) is 4.58. The van der Waals surface area contributed by atoms with Crippen molar-refractivity contribution in [2.75, 3.05) is 6.61 Å². The lowest BCUT2D eigenvalue weighted by atomic mass is 9.96. The van der Waals surface area contributed by atoms with Gasteiger partial charge < -0.3 is 4.74 Å². The SMILES string of the molecule is CCOC(=O)C1=C(C)N=c2s/c(=C/c3ccc(C(C)C)cc3)c(=O)n2C1c1ccccc1Cl. The lowest BCUT2D eigenvalue weighted by Gasteiger charge is -2.25. The number of hydrogen-bond donors (Lipinski definition) is 0. The highest BCUT2D eigenvalue weighted by Crippen LogP contribution is 2.34. The van der Waals surface area contributed by atoms with Crippen LogP contribution in [-0.4, -0.2) is 17.1 Å². The maximum atomic E-state index is 13.6. The minimum absolute atomic E-state index is 0.217. The van der Waals surface area contributed by atoms with Crippen molar-refractivity contribution in [2.24, 2.45) is 4.99 Å². The van der Waals surface area contributed by atoms with E-state index in [2.05, 4.69) is 31.0 Å². The van der Waals surface area contributed by atoms with Gasteiger partial charge in [0, 0.05) is 5.02 Å². The first kappa shape index (κ1) is 23.2. The molecule has 0 N–H and O–H groups in total. The molecule has 0 saturated heterocycles. The summed E-state index contributed by atoms with van der Waals surface area (Å²) in [6, 6.07) is 14.7. The van der Waals surface area contributed by atoms with Crippen molar-refractivity contribution < 1.29 is 9.53 Å². The fourth-order valence-electron chi connectivity index (χ4n) is 3.91. The van der Waals surface area contributed by atoms with E-state index < -0.39 is 12.0 Å². The Morgan fingerprint density at radius 1 is 1.21 bits per heavy atom. The number of benzene rings is 2. The number of aromatic nitrogens is 1. The molecule has 33 heavy (non-hydrogen) atoms. The number of esters is 1. The van der Waals surface area contributed by atoms with E-state index in [1.54, 1.807) is 24.5 Å². The third-order valence-electron chi connectivity index (χ3n) is 5.62. The van der Waals surface area contributed by atoms with Gasteiger partial charge in [-0.2, -0.15) is 0 Å². The lowest BCUT2D eigenvalue weighted by Crippen LogP contribution is -2.40. The molecule has 3 aromatic rings. The molecule has 4 rings (SSSR count). The number of hydrogen-bond acceptors (Lipinski definition) is 5. The van der Waals surface area contributed by atoms with E-state index >= 15 is 0 Å². The fourth-order valence-corrected chi connectivity index (χ4v) is 5.20. The maximum Gasteiger partial charge on any atom is 0.338 e. The van der Waals surface area contributed by atoms with Crippen LogP contribution in [-0.2, 0) is 9.53 Å². The van der Waals surface area contributed by atoms with Crippen LogP contribution in [0.3, 0.4) is 0 Å². The van der Waals surface area contributed by atoms with E-state index in [1.807, 2.05) is 36.4 Å². The average molecular weight is 481 g/mol. The largest absolute Gasteiger partial charge is 0.463 e. The van der Waals surface area contributed by atoms with Crippen molar-refractivity contribution in [3.05, 3.63) is 101 Å². The molecule has 5 nitrogen and oxygen atoms in total. The number of rotatable bonds is 5. The summed E-state index contributed by atoms with van der Waals surface area (Å²) in [5.74, 6) is -0.0634. The standard InChI is InChI=1S/C26H25ClN2O3S/c1-5-32-25(31)22-16(4)28-26-29(23(22)19-8-6-7-9-20(19)27)24(30)21(33-26)14-17-10-12-18(13-11-17)15(2)3/h6-15,23H,5H2,1-4H3/b21-14+. The van der Waals surface area contributed by atoms with Crippen LogP contribution in [0.25, 0.3) is 6.08 Å². The number of allylic oxidation sites excluding steroid dienone is 1.